The lowest BCUT2D eigenvalue weighted by molar-refractivity contribution is -0.161. The predicted octanol–water partition coefficient (Wildman–Crippen LogP) is 18.1. The number of aliphatic hydroxyl groups excluding tert-OH is 1. The highest BCUT2D eigenvalue weighted by atomic mass is 31.2. The van der Waals surface area contributed by atoms with Crippen LogP contribution in [0.1, 0.15) is 290 Å². The van der Waals surface area contributed by atoms with E-state index in [9.17, 15) is 28.9 Å². The Kier molecular flexibility index (Phi) is 54.7. The van der Waals surface area contributed by atoms with Crippen molar-refractivity contribution in [1.29, 1.82) is 0 Å². The van der Waals surface area contributed by atoms with Crippen LogP contribution in [0.5, 0.6) is 0 Å². The van der Waals surface area contributed by atoms with Gasteiger partial charge in [0, 0.05) is 19.3 Å². The van der Waals surface area contributed by atoms with Gasteiger partial charge < -0.3 is 24.2 Å². The van der Waals surface area contributed by atoms with E-state index < -0.39 is 57.8 Å². The molecule has 3 unspecified atom stereocenters. The van der Waals surface area contributed by atoms with E-state index in [4.69, 9.17) is 23.3 Å². The molecule has 2 N–H and O–H groups in total. The van der Waals surface area contributed by atoms with Crippen molar-refractivity contribution in [2.24, 2.45) is 0 Å². The number of ether oxygens (including phenoxy) is 3. The van der Waals surface area contributed by atoms with Gasteiger partial charge in [0.25, 0.3) is 0 Å². The average molecular weight is 1070 g/mol. The van der Waals surface area contributed by atoms with Gasteiger partial charge in [-0.2, -0.15) is 0 Å². The predicted molar refractivity (Wildman–Crippen MR) is 307 cm³/mol. The van der Waals surface area contributed by atoms with Crippen molar-refractivity contribution in [3.8, 4) is 0 Å². The minimum atomic E-state index is -4.76. The molecule has 0 aromatic carbocycles. The van der Waals surface area contributed by atoms with Crippen molar-refractivity contribution in [3.05, 3.63) is 48.6 Å². The van der Waals surface area contributed by atoms with Gasteiger partial charge in [-0.1, -0.05) is 275 Å². The summed E-state index contributed by atoms with van der Waals surface area (Å²) in [6.07, 6.45) is 60.9. The summed E-state index contributed by atoms with van der Waals surface area (Å²) in [6.45, 7) is 4.50. The maximum absolute atomic E-state index is 12.9. The second-order valence-electron chi connectivity index (χ2n) is 20.5. The number of hydrogen-bond acceptors (Lipinski definition) is 10. The fraction of sp³-hybridized carbons (Fsp3) is 0.823. The highest BCUT2D eigenvalue weighted by Crippen LogP contribution is 2.43. The molecule has 0 saturated carbocycles. The molecular formula is C62H113O11P. The average Bonchev–Trinajstić information content (AvgIpc) is 3.39. The van der Waals surface area contributed by atoms with Crippen LogP contribution in [0.3, 0.4) is 0 Å². The minimum absolute atomic E-state index is 0.0583. The molecule has 0 aliphatic rings. The molecule has 0 aromatic rings. The van der Waals surface area contributed by atoms with Crippen molar-refractivity contribution < 1.29 is 52.2 Å². The summed E-state index contributed by atoms with van der Waals surface area (Å²) in [5, 5.41) is 9.80. The van der Waals surface area contributed by atoms with Gasteiger partial charge >= 0.3 is 25.7 Å². The monoisotopic (exact) mass is 1060 g/mol. The summed E-state index contributed by atoms with van der Waals surface area (Å²) >= 11 is 0. The zero-order valence-corrected chi connectivity index (χ0v) is 48.7. The lowest BCUT2D eigenvalue weighted by atomic mass is 10.0. The Morgan fingerprint density at radius 3 is 1.08 bits per heavy atom. The fourth-order valence-electron chi connectivity index (χ4n) is 8.67. The van der Waals surface area contributed by atoms with E-state index >= 15 is 0 Å². The molecule has 0 aliphatic heterocycles. The third-order valence-electron chi connectivity index (χ3n) is 13.3. The smallest absolute Gasteiger partial charge is 0.462 e. The molecule has 0 aromatic heterocycles. The SMILES string of the molecule is CC/C=C\C/C=C\C/C=C\C/C=C\CCC(=O)OC(CO)COP(=O)(O)OCC(COC(=O)CCCCCCCCCCCCCCCCCCCCC)OC(=O)CCCCCCCCCCCCCCCCC. The van der Waals surface area contributed by atoms with Crippen molar-refractivity contribution >= 4 is 25.7 Å². The van der Waals surface area contributed by atoms with Crippen molar-refractivity contribution in [2.75, 3.05) is 26.4 Å². The standard InChI is InChI=1S/C62H113O11P/c1-4-7-10-13-16-19-22-25-27-28-29-30-32-34-36-39-42-45-48-51-60(64)69-55-59(73-62(66)53-50-47-44-41-38-35-31-26-23-20-17-14-11-8-5-2)57-71-74(67,68)70-56-58(54-63)72-61(65)52-49-46-43-40-37-33-24-21-18-15-12-9-6-3/h9,12,18,21,33,37,43,46,58-59,63H,4-8,10-11,13-17,19-20,22-32,34-36,38-42,44-45,47-57H2,1-3H3,(H,67,68)/b12-9-,21-18-,37-33-,46-43-. The fourth-order valence-corrected chi connectivity index (χ4v) is 9.45. The number of rotatable bonds is 57. The molecule has 0 saturated heterocycles. The van der Waals surface area contributed by atoms with Crippen LogP contribution in [0.4, 0.5) is 0 Å². The van der Waals surface area contributed by atoms with Gasteiger partial charge in [0.15, 0.2) is 6.10 Å². The van der Waals surface area contributed by atoms with E-state index in [1.165, 1.54) is 167 Å². The van der Waals surface area contributed by atoms with Crippen LogP contribution >= 0.6 is 7.82 Å². The molecule has 0 rings (SSSR count). The van der Waals surface area contributed by atoms with Gasteiger partial charge in [0.05, 0.1) is 19.8 Å². The molecule has 11 nitrogen and oxygen atoms in total. The molecule has 0 bridgehead atoms. The molecule has 432 valence electrons. The topological polar surface area (TPSA) is 155 Å². The number of allylic oxidation sites excluding steroid dienone is 8. The minimum Gasteiger partial charge on any atom is -0.462 e. The summed E-state index contributed by atoms with van der Waals surface area (Å²) in [4.78, 5) is 48.6. The number of unbranched alkanes of at least 4 members (excludes halogenated alkanes) is 32. The van der Waals surface area contributed by atoms with Crippen LogP contribution in [0.2, 0.25) is 0 Å². The Morgan fingerprint density at radius 2 is 0.703 bits per heavy atom. The number of carbonyl (C=O) groups excluding carboxylic acids is 3. The lowest BCUT2D eigenvalue weighted by Crippen LogP contribution is -2.30. The highest BCUT2D eigenvalue weighted by Gasteiger charge is 2.28. The quantitative estimate of drug-likeness (QED) is 0.0197. The van der Waals surface area contributed by atoms with Crippen LogP contribution in [0.15, 0.2) is 48.6 Å². The van der Waals surface area contributed by atoms with Gasteiger partial charge in [0.2, 0.25) is 0 Å². The maximum atomic E-state index is 12.9. The highest BCUT2D eigenvalue weighted by molar-refractivity contribution is 7.47. The van der Waals surface area contributed by atoms with Crippen molar-refractivity contribution in [3.63, 3.8) is 0 Å². The van der Waals surface area contributed by atoms with E-state index in [1.807, 2.05) is 12.2 Å². The van der Waals surface area contributed by atoms with Gasteiger partial charge in [-0.3, -0.25) is 23.4 Å². The Balaban J connectivity index is 4.70. The molecule has 0 amide bonds. The first kappa shape index (κ1) is 71.4. The van der Waals surface area contributed by atoms with Crippen LogP contribution < -0.4 is 0 Å². The summed E-state index contributed by atoms with van der Waals surface area (Å²) in [7, 11) is -4.76. The van der Waals surface area contributed by atoms with Crippen molar-refractivity contribution in [1.82, 2.24) is 0 Å². The number of carbonyl (C=O) groups is 3. The number of aliphatic hydroxyl groups is 1. The number of esters is 3. The van der Waals surface area contributed by atoms with E-state index in [-0.39, 0.29) is 25.9 Å². The third kappa shape index (κ3) is 54.2. The second-order valence-corrected chi connectivity index (χ2v) is 22.0. The molecule has 0 radical (unpaired) electrons. The van der Waals surface area contributed by atoms with Crippen LogP contribution in [-0.2, 0) is 42.2 Å². The summed E-state index contributed by atoms with van der Waals surface area (Å²) in [5.41, 5.74) is 0. The van der Waals surface area contributed by atoms with Crippen LogP contribution in [0, 0.1) is 0 Å². The zero-order chi connectivity index (χ0) is 54.1. The molecule has 0 spiro atoms. The number of phosphoric ester groups is 1. The van der Waals surface area contributed by atoms with Gasteiger partial charge in [-0.15, -0.1) is 0 Å². The third-order valence-corrected chi connectivity index (χ3v) is 14.2. The van der Waals surface area contributed by atoms with E-state index in [2.05, 4.69) is 57.2 Å². The number of hydrogen-bond donors (Lipinski definition) is 2. The number of phosphoric acid groups is 1. The Labute approximate surface area is 453 Å². The molecule has 0 aliphatic carbocycles. The summed E-state index contributed by atoms with van der Waals surface area (Å²) in [6, 6.07) is 0. The first-order valence-corrected chi connectivity index (χ1v) is 32.0. The summed E-state index contributed by atoms with van der Waals surface area (Å²) < 4.78 is 39.5. The summed E-state index contributed by atoms with van der Waals surface area (Å²) in [5.74, 6) is -1.53. The molecular weight excluding hydrogens is 952 g/mol. The normalized spacial score (nSPS) is 13.6. The lowest BCUT2D eigenvalue weighted by Gasteiger charge is -2.21. The maximum Gasteiger partial charge on any atom is 0.472 e. The molecule has 0 heterocycles. The Morgan fingerprint density at radius 1 is 0.392 bits per heavy atom. The van der Waals surface area contributed by atoms with Crippen LogP contribution in [-0.4, -0.2) is 66.5 Å². The van der Waals surface area contributed by atoms with Crippen LogP contribution in [0.25, 0.3) is 0 Å². The van der Waals surface area contributed by atoms with E-state index in [0.717, 1.165) is 64.2 Å². The van der Waals surface area contributed by atoms with Gasteiger partial charge in [-0.05, 0) is 44.9 Å². The van der Waals surface area contributed by atoms with E-state index in [0.29, 0.717) is 19.3 Å². The first-order valence-electron chi connectivity index (χ1n) is 30.5. The van der Waals surface area contributed by atoms with E-state index in [1.54, 1.807) is 0 Å². The van der Waals surface area contributed by atoms with Gasteiger partial charge in [0.1, 0.15) is 12.7 Å². The van der Waals surface area contributed by atoms with Gasteiger partial charge in [-0.25, -0.2) is 4.57 Å². The zero-order valence-electron chi connectivity index (χ0n) is 47.8. The largest absolute Gasteiger partial charge is 0.472 e. The molecule has 3 atom stereocenters. The van der Waals surface area contributed by atoms with Crippen molar-refractivity contribution in [2.45, 2.75) is 303 Å². The first-order chi connectivity index (χ1) is 36.2. The Hall–Kier alpha value is -2.56. The molecule has 12 heteroatoms. The second kappa shape index (κ2) is 56.6. The molecule has 0 fully saturated rings. The Bertz CT molecular complexity index is 1430. The molecule has 74 heavy (non-hydrogen) atoms.